The summed E-state index contributed by atoms with van der Waals surface area (Å²) in [6, 6.07) is 3.10. The van der Waals surface area contributed by atoms with Crippen LogP contribution in [0.1, 0.15) is 27.2 Å². The van der Waals surface area contributed by atoms with Gasteiger partial charge in [-0.3, -0.25) is 10.1 Å². The molecule has 1 aromatic rings. The number of nitrogens with one attached hydrogen (secondary N) is 2. The number of methoxy groups -OCH3 is 1. The lowest BCUT2D eigenvalue weighted by Crippen LogP contribution is -2.57. The lowest BCUT2D eigenvalue weighted by atomic mass is 9.64. The van der Waals surface area contributed by atoms with Crippen molar-refractivity contribution in [2.45, 2.75) is 39.3 Å². The second kappa shape index (κ2) is 5.85. The smallest absolute Gasteiger partial charge is 0.276 e. The van der Waals surface area contributed by atoms with Gasteiger partial charge in [0.1, 0.15) is 11.6 Å². The molecule has 0 aromatic carbocycles. The molecule has 7 nitrogen and oxygen atoms in total. The minimum Gasteiger partial charge on any atom is -0.381 e. The third-order valence-electron chi connectivity index (χ3n) is 4.16. The molecule has 1 aromatic heterocycles. The molecule has 2 N–H and O–H groups in total. The topological polar surface area (TPSA) is 89.3 Å². The number of rotatable bonds is 6. The van der Waals surface area contributed by atoms with Crippen molar-refractivity contribution in [3.63, 3.8) is 0 Å². The van der Waals surface area contributed by atoms with Crippen LogP contribution in [0.25, 0.3) is 0 Å². The number of anilines is 2. The summed E-state index contributed by atoms with van der Waals surface area (Å²) in [7, 11) is 1.71. The lowest BCUT2D eigenvalue weighted by Gasteiger charge is -2.51. The van der Waals surface area contributed by atoms with Crippen LogP contribution >= 0.6 is 0 Å². The van der Waals surface area contributed by atoms with Crippen LogP contribution in [-0.4, -0.2) is 35.7 Å². The minimum absolute atomic E-state index is 0.0284. The Morgan fingerprint density at radius 2 is 2.14 bits per heavy atom. The molecule has 0 spiro atoms. The summed E-state index contributed by atoms with van der Waals surface area (Å²) in [6.45, 7) is 6.82. The first-order valence-corrected chi connectivity index (χ1v) is 7.08. The average molecular weight is 294 g/mol. The van der Waals surface area contributed by atoms with Crippen LogP contribution in [0.3, 0.4) is 0 Å². The van der Waals surface area contributed by atoms with Gasteiger partial charge in [-0.2, -0.15) is 0 Å². The predicted molar refractivity (Wildman–Crippen MR) is 81.7 cm³/mol. The Hall–Kier alpha value is -1.89. The van der Waals surface area contributed by atoms with Crippen molar-refractivity contribution < 1.29 is 9.66 Å². The monoisotopic (exact) mass is 294 g/mol. The van der Waals surface area contributed by atoms with Gasteiger partial charge >= 0.3 is 0 Å². The molecule has 2 unspecified atom stereocenters. The molecule has 0 aliphatic heterocycles. The number of ether oxygens (including phenoxy) is 1. The number of pyridine rings is 1. The van der Waals surface area contributed by atoms with E-state index in [-0.39, 0.29) is 23.2 Å². The summed E-state index contributed by atoms with van der Waals surface area (Å²) in [5.74, 6) is 1.03. The average Bonchev–Trinajstić information content (AvgIpc) is 2.43. The summed E-state index contributed by atoms with van der Waals surface area (Å²) in [5, 5.41) is 17.3. The SMILES string of the molecule is CCNc1cc([N+](=O)[O-])cc(NC2CC(OC)C2(C)C)n1. The van der Waals surface area contributed by atoms with Crippen molar-refractivity contribution in [3.05, 3.63) is 22.2 Å². The zero-order valence-corrected chi connectivity index (χ0v) is 12.8. The van der Waals surface area contributed by atoms with Gasteiger partial charge in [-0.25, -0.2) is 4.98 Å². The standard InChI is InChI=1S/C14H22N4O3/c1-5-15-12-6-9(18(19)20)7-13(17-12)16-10-8-11(21-4)14(10,2)3/h6-7,10-11H,5,8H2,1-4H3,(H2,15,16,17). The Kier molecular flexibility index (Phi) is 4.32. The van der Waals surface area contributed by atoms with Crippen molar-refractivity contribution in [3.8, 4) is 0 Å². The van der Waals surface area contributed by atoms with E-state index in [1.165, 1.54) is 12.1 Å². The Bertz CT molecular complexity index is 533. The lowest BCUT2D eigenvalue weighted by molar-refractivity contribution is -0.384. The maximum atomic E-state index is 11.0. The van der Waals surface area contributed by atoms with Crippen LogP contribution < -0.4 is 10.6 Å². The molecule has 0 amide bonds. The third-order valence-corrected chi connectivity index (χ3v) is 4.16. The maximum Gasteiger partial charge on any atom is 0.276 e. The van der Waals surface area contributed by atoms with Crippen LogP contribution in [0.5, 0.6) is 0 Å². The van der Waals surface area contributed by atoms with Gasteiger partial charge < -0.3 is 15.4 Å². The van der Waals surface area contributed by atoms with E-state index < -0.39 is 4.92 Å². The summed E-state index contributed by atoms with van der Waals surface area (Å²) in [5.41, 5.74) is 0.00299. The van der Waals surface area contributed by atoms with Crippen LogP contribution in [0.2, 0.25) is 0 Å². The van der Waals surface area contributed by atoms with Gasteiger partial charge in [0.2, 0.25) is 0 Å². The molecule has 7 heteroatoms. The first-order valence-electron chi connectivity index (χ1n) is 7.08. The van der Waals surface area contributed by atoms with Crippen LogP contribution in [0.15, 0.2) is 12.1 Å². The van der Waals surface area contributed by atoms with Crippen LogP contribution in [0, 0.1) is 15.5 Å². The first kappa shape index (κ1) is 15.5. The van der Waals surface area contributed by atoms with E-state index in [1.807, 2.05) is 6.92 Å². The van der Waals surface area contributed by atoms with Gasteiger partial charge in [-0.1, -0.05) is 13.8 Å². The second-order valence-corrected chi connectivity index (χ2v) is 5.86. The Balaban J connectivity index is 2.18. The Morgan fingerprint density at radius 1 is 1.48 bits per heavy atom. The second-order valence-electron chi connectivity index (χ2n) is 5.86. The molecule has 0 saturated heterocycles. The number of nitro groups is 1. The number of hydrogen-bond donors (Lipinski definition) is 2. The van der Waals surface area contributed by atoms with E-state index in [4.69, 9.17) is 4.74 Å². The first-order chi connectivity index (χ1) is 9.88. The van der Waals surface area contributed by atoms with Gasteiger partial charge in [0.25, 0.3) is 5.69 Å². The molecule has 2 atom stereocenters. The molecule has 0 radical (unpaired) electrons. The molecular formula is C14H22N4O3. The largest absolute Gasteiger partial charge is 0.381 e. The molecule has 21 heavy (non-hydrogen) atoms. The van der Waals surface area contributed by atoms with Crippen molar-refractivity contribution in [2.75, 3.05) is 24.3 Å². The van der Waals surface area contributed by atoms with Crippen molar-refractivity contribution in [2.24, 2.45) is 5.41 Å². The fourth-order valence-electron chi connectivity index (χ4n) is 2.68. The maximum absolute atomic E-state index is 11.0. The van der Waals surface area contributed by atoms with Gasteiger partial charge in [-0.05, 0) is 13.3 Å². The van der Waals surface area contributed by atoms with E-state index in [0.717, 1.165) is 6.42 Å². The molecule has 1 aliphatic rings. The highest BCUT2D eigenvalue weighted by Crippen LogP contribution is 2.44. The fraction of sp³-hybridized carbons (Fsp3) is 0.643. The highest BCUT2D eigenvalue weighted by atomic mass is 16.6. The van der Waals surface area contributed by atoms with Crippen LogP contribution in [0.4, 0.5) is 17.3 Å². The molecular weight excluding hydrogens is 272 g/mol. The van der Waals surface area contributed by atoms with E-state index in [2.05, 4.69) is 29.5 Å². The van der Waals surface area contributed by atoms with Crippen molar-refractivity contribution in [1.29, 1.82) is 0 Å². The quantitative estimate of drug-likeness (QED) is 0.619. The summed E-state index contributed by atoms with van der Waals surface area (Å²) >= 11 is 0. The summed E-state index contributed by atoms with van der Waals surface area (Å²) < 4.78 is 5.41. The fourth-order valence-corrected chi connectivity index (χ4v) is 2.68. The van der Waals surface area contributed by atoms with E-state index in [1.54, 1.807) is 7.11 Å². The molecule has 0 bridgehead atoms. The molecule has 2 rings (SSSR count). The number of hydrogen-bond acceptors (Lipinski definition) is 6. The van der Waals surface area contributed by atoms with E-state index in [9.17, 15) is 10.1 Å². The molecule has 1 aliphatic carbocycles. The highest BCUT2D eigenvalue weighted by molar-refractivity contribution is 5.55. The molecule has 1 saturated carbocycles. The van der Waals surface area contributed by atoms with E-state index in [0.29, 0.717) is 18.2 Å². The van der Waals surface area contributed by atoms with Gasteiger partial charge in [0.15, 0.2) is 0 Å². The Labute approximate surface area is 124 Å². The zero-order valence-electron chi connectivity index (χ0n) is 12.8. The number of aromatic nitrogens is 1. The van der Waals surface area contributed by atoms with Gasteiger partial charge in [-0.15, -0.1) is 0 Å². The summed E-state index contributed by atoms with van der Waals surface area (Å²) in [6.07, 6.45) is 1.06. The Morgan fingerprint density at radius 3 is 2.67 bits per heavy atom. The van der Waals surface area contributed by atoms with Crippen molar-refractivity contribution >= 4 is 17.3 Å². The highest BCUT2D eigenvalue weighted by Gasteiger charge is 2.48. The normalized spacial score (nSPS) is 23.2. The summed E-state index contributed by atoms with van der Waals surface area (Å²) in [4.78, 5) is 15.0. The minimum atomic E-state index is -0.405. The van der Waals surface area contributed by atoms with Crippen LogP contribution in [-0.2, 0) is 4.74 Å². The molecule has 116 valence electrons. The molecule has 1 fully saturated rings. The predicted octanol–water partition coefficient (Wildman–Crippen LogP) is 2.65. The molecule has 1 heterocycles. The van der Waals surface area contributed by atoms with E-state index >= 15 is 0 Å². The zero-order chi connectivity index (χ0) is 15.6. The third kappa shape index (κ3) is 3.07. The van der Waals surface area contributed by atoms with Gasteiger partial charge in [0, 0.05) is 25.1 Å². The van der Waals surface area contributed by atoms with Crippen molar-refractivity contribution in [1.82, 2.24) is 4.98 Å². The van der Waals surface area contributed by atoms with Gasteiger partial charge in [0.05, 0.1) is 23.2 Å². The number of nitrogens with zero attached hydrogens (tertiary/aromatic N) is 2.